The van der Waals surface area contributed by atoms with Crippen molar-refractivity contribution in [3.63, 3.8) is 0 Å². The van der Waals surface area contributed by atoms with Gasteiger partial charge in [-0.05, 0) is 12.1 Å². The molecule has 98 valence electrons. The molecule has 2 rings (SSSR count). The van der Waals surface area contributed by atoms with Gasteiger partial charge >= 0.3 is 0 Å². The fourth-order valence-corrected chi connectivity index (χ4v) is 2.67. The molecule has 0 saturated carbocycles. The maximum absolute atomic E-state index is 10.00. The number of methoxy groups -OCH3 is 1. The molecule has 0 saturated heterocycles. The number of hydrogen-bond acceptors (Lipinski definition) is 5. The molecule has 1 N–H and O–H groups in total. The molecule has 2 aromatic carbocycles. The van der Waals surface area contributed by atoms with Crippen LogP contribution in [-0.2, 0) is 0 Å². The monoisotopic (exact) mass is 282 g/mol. The average molecular weight is 282 g/mol. The number of nitriles is 2. The molecular formula is C15H10N2O2S. The summed E-state index contributed by atoms with van der Waals surface area (Å²) in [5, 5.41) is 28.4. The Bertz CT molecular complexity index is 715. The van der Waals surface area contributed by atoms with Gasteiger partial charge in [-0.15, -0.1) is 0 Å². The van der Waals surface area contributed by atoms with Crippen LogP contribution >= 0.6 is 11.8 Å². The summed E-state index contributed by atoms with van der Waals surface area (Å²) < 4.78 is 4.97. The Balaban J connectivity index is 2.60. The first-order valence-corrected chi connectivity index (χ1v) is 6.50. The van der Waals surface area contributed by atoms with Crippen LogP contribution in [0.25, 0.3) is 0 Å². The van der Waals surface area contributed by atoms with Crippen LogP contribution in [0.15, 0.2) is 46.2 Å². The maximum Gasteiger partial charge on any atom is 0.177 e. The van der Waals surface area contributed by atoms with Gasteiger partial charge in [-0.1, -0.05) is 30.0 Å². The van der Waals surface area contributed by atoms with Crippen LogP contribution in [0.5, 0.6) is 11.5 Å². The van der Waals surface area contributed by atoms with Crippen LogP contribution in [0, 0.1) is 22.7 Å². The number of ether oxygens (including phenoxy) is 1. The van der Waals surface area contributed by atoms with E-state index >= 15 is 0 Å². The van der Waals surface area contributed by atoms with Gasteiger partial charge in [0.1, 0.15) is 17.7 Å². The second-order valence-corrected chi connectivity index (χ2v) is 4.90. The summed E-state index contributed by atoms with van der Waals surface area (Å²) in [6, 6.07) is 14.7. The van der Waals surface area contributed by atoms with E-state index in [1.165, 1.54) is 24.9 Å². The van der Waals surface area contributed by atoms with E-state index in [2.05, 4.69) is 0 Å². The molecule has 0 heterocycles. The summed E-state index contributed by atoms with van der Waals surface area (Å²) in [7, 11) is 1.38. The van der Waals surface area contributed by atoms with Gasteiger partial charge in [0, 0.05) is 11.0 Å². The molecule has 0 aromatic heterocycles. The van der Waals surface area contributed by atoms with Crippen molar-refractivity contribution in [2.45, 2.75) is 9.79 Å². The Hall–Kier alpha value is -2.63. The van der Waals surface area contributed by atoms with Crippen molar-refractivity contribution in [3.8, 4) is 23.6 Å². The first-order chi connectivity index (χ1) is 9.71. The number of phenols is 1. The predicted octanol–water partition coefficient (Wildman–Crippen LogP) is 3.30. The molecule has 4 nitrogen and oxygen atoms in total. The molecule has 0 amide bonds. The lowest BCUT2D eigenvalue weighted by Crippen LogP contribution is -1.93. The van der Waals surface area contributed by atoms with Gasteiger partial charge in [-0.2, -0.15) is 10.5 Å². The summed E-state index contributed by atoms with van der Waals surface area (Å²) >= 11 is 1.26. The third-order valence-electron chi connectivity index (χ3n) is 2.63. The van der Waals surface area contributed by atoms with Crippen LogP contribution in [0.3, 0.4) is 0 Å². The number of nitrogens with zero attached hydrogens (tertiary/aromatic N) is 2. The molecule has 0 radical (unpaired) electrons. The fraction of sp³-hybridized carbons (Fsp3) is 0.0667. The molecule has 0 aliphatic heterocycles. The Labute approximate surface area is 120 Å². The number of hydrogen-bond donors (Lipinski definition) is 1. The highest BCUT2D eigenvalue weighted by atomic mass is 32.2. The topological polar surface area (TPSA) is 77.0 Å². The standard InChI is InChI=1S/C15H10N2O2S/c1-19-13-7-10(8-16)15(12(9-17)14(13)18)20-11-5-3-2-4-6-11/h2-7,18H,1H3. The smallest absolute Gasteiger partial charge is 0.177 e. The summed E-state index contributed by atoms with van der Waals surface area (Å²) in [6.07, 6.45) is 0. The van der Waals surface area contributed by atoms with Crippen molar-refractivity contribution in [1.82, 2.24) is 0 Å². The molecule has 0 aliphatic carbocycles. The lowest BCUT2D eigenvalue weighted by molar-refractivity contribution is 0.371. The number of rotatable bonds is 3. The summed E-state index contributed by atoms with van der Waals surface area (Å²) in [5.74, 6) is -0.122. The maximum atomic E-state index is 10.00. The summed E-state index contributed by atoms with van der Waals surface area (Å²) in [6.45, 7) is 0. The highest BCUT2D eigenvalue weighted by molar-refractivity contribution is 7.99. The molecule has 20 heavy (non-hydrogen) atoms. The predicted molar refractivity (Wildman–Crippen MR) is 74.7 cm³/mol. The van der Waals surface area contributed by atoms with Crippen LogP contribution < -0.4 is 4.74 Å². The molecule has 0 bridgehead atoms. The van der Waals surface area contributed by atoms with E-state index in [1.807, 2.05) is 42.5 Å². The Kier molecular flexibility index (Phi) is 4.14. The Morgan fingerprint density at radius 3 is 2.40 bits per heavy atom. The highest BCUT2D eigenvalue weighted by Gasteiger charge is 2.19. The minimum absolute atomic E-state index is 0.0507. The van der Waals surface area contributed by atoms with Gasteiger partial charge in [-0.3, -0.25) is 0 Å². The van der Waals surface area contributed by atoms with E-state index in [4.69, 9.17) is 4.74 Å². The Morgan fingerprint density at radius 2 is 1.85 bits per heavy atom. The van der Waals surface area contributed by atoms with Gasteiger partial charge < -0.3 is 9.84 Å². The van der Waals surface area contributed by atoms with Gasteiger partial charge in [0.15, 0.2) is 11.5 Å². The van der Waals surface area contributed by atoms with Gasteiger partial charge in [0.05, 0.1) is 17.6 Å². The fourth-order valence-electron chi connectivity index (χ4n) is 1.69. The zero-order valence-electron chi connectivity index (χ0n) is 10.6. The second kappa shape index (κ2) is 6.01. The SMILES string of the molecule is COc1cc(C#N)c(Sc2ccccc2)c(C#N)c1O. The molecule has 0 unspecified atom stereocenters. The van der Waals surface area contributed by atoms with E-state index in [9.17, 15) is 15.6 Å². The first-order valence-electron chi connectivity index (χ1n) is 5.68. The van der Waals surface area contributed by atoms with E-state index in [0.717, 1.165) is 4.90 Å². The molecule has 0 aliphatic rings. The van der Waals surface area contributed by atoms with Crippen LogP contribution in [0.2, 0.25) is 0 Å². The second-order valence-electron chi connectivity index (χ2n) is 3.82. The molecular weight excluding hydrogens is 272 g/mol. The number of phenolic OH excluding ortho intramolecular Hbond substituents is 1. The minimum atomic E-state index is -0.243. The lowest BCUT2D eigenvalue weighted by Gasteiger charge is -2.11. The number of benzene rings is 2. The van der Waals surface area contributed by atoms with Crippen LogP contribution in [-0.4, -0.2) is 12.2 Å². The van der Waals surface area contributed by atoms with Gasteiger partial charge in [-0.25, -0.2) is 0 Å². The van der Waals surface area contributed by atoms with E-state index in [1.54, 1.807) is 0 Å². The summed E-state index contributed by atoms with van der Waals surface area (Å²) in [5.41, 5.74) is 0.347. The third kappa shape index (κ3) is 2.54. The largest absolute Gasteiger partial charge is 0.503 e. The van der Waals surface area contributed by atoms with Crippen molar-refractivity contribution >= 4 is 11.8 Å². The normalized spacial score (nSPS) is 9.55. The molecule has 0 atom stereocenters. The zero-order chi connectivity index (χ0) is 14.5. The lowest BCUT2D eigenvalue weighted by atomic mass is 10.1. The van der Waals surface area contributed by atoms with Crippen LogP contribution in [0.1, 0.15) is 11.1 Å². The Morgan fingerprint density at radius 1 is 1.15 bits per heavy atom. The van der Waals surface area contributed by atoms with E-state index < -0.39 is 0 Å². The molecule has 2 aromatic rings. The van der Waals surface area contributed by atoms with E-state index in [0.29, 0.717) is 10.5 Å². The minimum Gasteiger partial charge on any atom is -0.503 e. The molecule has 0 fully saturated rings. The quantitative estimate of drug-likeness (QED) is 0.934. The van der Waals surface area contributed by atoms with Gasteiger partial charge in [0.25, 0.3) is 0 Å². The van der Waals surface area contributed by atoms with Gasteiger partial charge in [0.2, 0.25) is 0 Å². The third-order valence-corrected chi connectivity index (χ3v) is 3.77. The van der Waals surface area contributed by atoms with Crippen molar-refractivity contribution in [2.75, 3.05) is 7.11 Å². The van der Waals surface area contributed by atoms with E-state index in [-0.39, 0.29) is 17.1 Å². The van der Waals surface area contributed by atoms with Crippen LogP contribution in [0.4, 0.5) is 0 Å². The average Bonchev–Trinajstić information content (AvgIpc) is 2.49. The van der Waals surface area contributed by atoms with Crippen molar-refractivity contribution < 1.29 is 9.84 Å². The summed E-state index contributed by atoms with van der Waals surface area (Å²) in [4.78, 5) is 1.31. The zero-order valence-corrected chi connectivity index (χ0v) is 11.4. The number of aromatic hydroxyl groups is 1. The van der Waals surface area contributed by atoms with Crippen molar-refractivity contribution in [2.24, 2.45) is 0 Å². The highest BCUT2D eigenvalue weighted by Crippen LogP contribution is 2.41. The molecule has 5 heteroatoms. The van der Waals surface area contributed by atoms with Crippen molar-refractivity contribution in [1.29, 1.82) is 10.5 Å². The van der Waals surface area contributed by atoms with Crippen molar-refractivity contribution in [3.05, 3.63) is 47.5 Å². The first kappa shape index (κ1) is 13.8. The molecule has 0 spiro atoms.